The van der Waals surface area contributed by atoms with Crippen molar-refractivity contribution in [2.45, 2.75) is 19.3 Å². The minimum atomic E-state index is -0.399. The SMILES string of the molecule is COc1ccc(CCOC(=O)c2ccccc2N2CCCC2=O)cc1. The second-order valence-corrected chi connectivity index (χ2v) is 5.90. The largest absolute Gasteiger partial charge is 0.497 e. The molecule has 0 aromatic heterocycles. The summed E-state index contributed by atoms with van der Waals surface area (Å²) in [6.45, 7) is 0.933. The van der Waals surface area contributed by atoms with Gasteiger partial charge in [0.25, 0.3) is 0 Å². The van der Waals surface area contributed by atoms with E-state index in [-0.39, 0.29) is 12.5 Å². The van der Waals surface area contributed by atoms with Crippen molar-refractivity contribution < 1.29 is 19.1 Å². The van der Waals surface area contributed by atoms with E-state index in [0.717, 1.165) is 17.7 Å². The fourth-order valence-electron chi connectivity index (χ4n) is 2.92. The van der Waals surface area contributed by atoms with E-state index in [2.05, 4.69) is 0 Å². The van der Waals surface area contributed by atoms with E-state index in [4.69, 9.17) is 9.47 Å². The maximum atomic E-state index is 12.4. The van der Waals surface area contributed by atoms with Gasteiger partial charge in [0.15, 0.2) is 0 Å². The van der Waals surface area contributed by atoms with E-state index in [1.165, 1.54) is 0 Å². The number of ether oxygens (including phenoxy) is 2. The first-order chi connectivity index (χ1) is 12.2. The molecule has 1 amide bonds. The topological polar surface area (TPSA) is 55.8 Å². The molecule has 5 nitrogen and oxygen atoms in total. The maximum Gasteiger partial charge on any atom is 0.340 e. The number of amides is 1. The minimum absolute atomic E-state index is 0.0542. The third-order valence-corrected chi connectivity index (χ3v) is 4.27. The third-order valence-electron chi connectivity index (χ3n) is 4.27. The summed E-state index contributed by atoms with van der Waals surface area (Å²) in [6.07, 6.45) is 1.97. The van der Waals surface area contributed by atoms with Crippen LogP contribution in [0.4, 0.5) is 5.69 Å². The van der Waals surface area contributed by atoms with Crippen LogP contribution < -0.4 is 9.64 Å². The molecule has 25 heavy (non-hydrogen) atoms. The lowest BCUT2D eigenvalue weighted by atomic mass is 10.1. The van der Waals surface area contributed by atoms with Crippen LogP contribution in [0.5, 0.6) is 5.75 Å². The zero-order valence-electron chi connectivity index (χ0n) is 14.2. The van der Waals surface area contributed by atoms with Gasteiger partial charge in [0.05, 0.1) is 25.0 Å². The van der Waals surface area contributed by atoms with Gasteiger partial charge in [-0.05, 0) is 36.2 Å². The maximum absolute atomic E-state index is 12.4. The van der Waals surface area contributed by atoms with Gasteiger partial charge in [0.2, 0.25) is 5.91 Å². The Balaban J connectivity index is 1.62. The van der Waals surface area contributed by atoms with E-state index in [1.54, 1.807) is 30.2 Å². The molecule has 1 fully saturated rings. The Morgan fingerprint density at radius 3 is 2.56 bits per heavy atom. The summed E-state index contributed by atoms with van der Waals surface area (Å²) in [4.78, 5) is 26.1. The fourth-order valence-corrected chi connectivity index (χ4v) is 2.92. The molecular formula is C20H21NO4. The number of rotatable bonds is 6. The Kier molecular flexibility index (Phi) is 5.33. The van der Waals surface area contributed by atoms with E-state index in [1.807, 2.05) is 30.3 Å². The van der Waals surface area contributed by atoms with Crippen molar-refractivity contribution in [1.29, 1.82) is 0 Å². The first-order valence-corrected chi connectivity index (χ1v) is 8.38. The van der Waals surface area contributed by atoms with Crippen LogP contribution in [0.2, 0.25) is 0 Å². The molecule has 5 heteroatoms. The van der Waals surface area contributed by atoms with Crippen molar-refractivity contribution in [3.63, 3.8) is 0 Å². The molecule has 1 aliphatic heterocycles. The number of hydrogen-bond donors (Lipinski definition) is 0. The van der Waals surface area contributed by atoms with Crippen molar-refractivity contribution in [3.8, 4) is 5.75 Å². The van der Waals surface area contributed by atoms with Crippen LogP contribution in [0.25, 0.3) is 0 Å². The quantitative estimate of drug-likeness (QED) is 0.758. The van der Waals surface area contributed by atoms with Crippen molar-refractivity contribution in [3.05, 3.63) is 59.7 Å². The zero-order chi connectivity index (χ0) is 17.6. The highest BCUT2D eigenvalue weighted by molar-refractivity contribution is 6.03. The highest BCUT2D eigenvalue weighted by atomic mass is 16.5. The molecule has 1 aliphatic rings. The molecule has 0 spiro atoms. The Hall–Kier alpha value is -2.82. The summed E-state index contributed by atoms with van der Waals surface area (Å²) in [5, 5.41) is 0. The summed E-state index contributed by atoms with van der Waals surface area (Å²) in [5.41, 5.74) is 2.14. The van der Waals surface area contributed by atoms with E-state index in [0.29, 0.717) is 30.6 Å². The molecule has 130 valence electrons. The lowest BCUT2D eigenvalue weighted by Gasteiger charge is -2.18. The van der Waals surface area contributed by atoms with E-state index < -0.39 is 5.97 Å². The molecular weight excluding hydrogens is 318 g/mol. The van der Waals surface area contributed by atoms with Crippen LogP contribution >= 0.6 is 0 Å². The molecule has 2 aromatic carbocycles. The van der Waals surface area contributed by atoms with Crippen LogP contribution in [0.1, 0.15) is 28.8 Å². The molecule has 0 unspecified atom stereocenters. The highest BCUT2D eigenvalue weighted by Gasteiger charge is 2.26. The molecule has 0 bridgehead atoms. The number of hydrogen-bond acceptors (Lipinski definition) is 4. The number of carbonyl (C=O) groups is 2. The lowest BCUT2D eigenvalue weighted by molar-refractivity contribution is -0.117. The number of benzene rings is 2. The summed E-state index contributed by atoms with van der Waals surface area (Å²) in [5.74, 6) is 0.451. The van der Waals surface area contributed by atoms with Gasteiger partial charge in [0.1, 0.15) is 5.75 Å². The van der Waals surface area contributed by atoms with Gasteiger partial charge in [-0.15, -0.1) is 0 Å². The van der Waals surface area contributed by atoms with Crippen LogP contribution in [-0.4, -0.2) is 32.1 Å². The first-order valence-electron chi connectivity index (χ1n) is 8.38. The van der Waals surface area contributed by atoms with Gasteiger partial charge in [-0.3, -0.25) is 4.79 Å². The minimum Gasteiger partial charge on any atom is -0.497 e. The second kappa shape index (κ2) is 7.83. The highest BCUT2D eigenvalue weighted by Crippen LogP contribution is 2.26. The lowest BCUT2D eigenvalue weighted by Crippen LogP contribution is -2.26. The van der Waals surface area contributed by atoms with Gasteiger partial charge in [-0.2, -0.15) is 0 Å². The number of para-hydroxylation sites is 1. The predicted octanol–water partition coefficient (Wildman–Crippen LogP) is 3.22. The van der Waals surface area contributed by atoms with Gasteiger partial charge >= 0.3 is 5.97 Å². The molecule has 2 aromatic rings. The molecule has 1 saturated heterocycles. The van der Waals surface area contributed by atoms with Gasteiger partial charge < -0.3 is 14.4 Å². The molecule has 0 aliphatic carbocycles. The fraction of sp³-hybridized carbons (Fsp3) is 0.300. The van der Waals surface area contributed by atoms with Crippen LogP contribution in [0.15, 0.2) is 48.5 Å². The Labute approximate surface area is 147 Å². The number of anilines is 1. The molecule has 3 rings (SSSR count). The average Bonchev–Trinajstić information content (AvgIpc) is 3.08. The summed E-state index contributed by atoms with van der Waals surface area (Å²) in [6, 6.07) is 14.8. The zero-order valence-corrected chi connectivity index (χ0v) is 14.2. The average molecular weight is 339 g/mol. The molecule has 1 heterocycles. The van der Waals surface area contributed by atoms with Crippen LogP contribution in [-0.2, 0) is 16.0 Å². The number of nitrogens with zero attached hydrogens (tertiary/aromatic N) is 1. The van der Waals surface area contributed by atoms with Gasteiger partial charge in [0, 0.05) is 19.4 Å². The van der Waals surface area contributed by atoms with Gasteiger partial charge in [-0.25, -0.2) is 4.79 Å². The molecule has 0 N–H and O–H groups in total. The number of methoxy groups -OCH3 is 1. The summed E-state index contributed by atoms with van der Waals surface area (Å²) >= 11 is 0. The Bertz CT molecular complexity index is 755. The van der Waals surface area contributed by atoms with Crippen LogP contribution in [0.3, 0.4) is 0 Å². The van der Waals surface area contributed by atoms with Crippen molar-refractivity contribution >= 4 is 17.6 Å². The van der Waals surface area contributed by atoms with Crippen molar-refractivity contribution in [1.82, 2.24) is 0 Å². The van der Waals surface area contributed by atoms with Gasteiger partial charge in [-0.1, -0.05) is 24.3 Å². The number of esters is 1. The van der Waals surface area contributed by atoms with Crippen LogP contribution in [0, 0.1) is 0 Å². The standard InChI is InChI=1S/C20H21NO4/c1-24-16-10-8-15(9-11-16)12-14-25-20(23)17-5-2-3-6-18(17)21-13-4-7-19(21)22/h2-3,5-6,8-11H,4,7,12-14H2,1H3. The van der Waals surface area contributed by atoms with E-state index in [9.17, 15) is 9.59 Å². The van der Waals surface area contributed by atoms with Crippen molar-refractivity contribution in [2.75, 3.05) is 25.2 Å². The molecule has 0 radical (unpaired) electrons. The van der Waals surface area contributed by atoms with Crippen molar-refractivity contribution in [2.24, 2.45) is 0 Å². The molecule has 0 atom stereocenters. The first kappa shape index (κ1) is 17.0. The summed E-state index contributed by atoms with van der Waals surface area (Å²) < 4.78 is 10.5. The molecule has 0 saturated carbocycles. The normalized spacial score (nSPS) is 13.8. The summed E-state index contributed by atoms with van der Waals surface area (Å²) in [7, 11) is 1.62. The van der Waals surface area contributed by atoms with E-state index >= 15 is 0 Å². The number of carbonyl (C=O) groups excluding carboxylic acids is 2. The predicted molar refractivity (Wildman–Crippen MR) is 95.0 cm³/mol. The monoisotopic (exact) mass is 339 g/mol. The Morgan fingerprint density at radius 2 is 1.88 bits per heavy atom. The Morgan fingerprint density at radius 1 is 1.12 bits per heavy atom. The third kappa shape index (κ3) is 3.99. The smallest absolute Gasteiger partial charge is 0.340 e. The second-order valence-electron chi connectivity index (χ2n) is 5.90.